The van der Waals surface area contributed by atoms with Crippen LogP contribution in [0, 0.1) is 0 Å². The summed E-state index contributed by atoms with van der Waals surface area (Å²) in [6.07, 6.45) is 0.860. The van der Waals surface area contributed by atoms with Gasteiger partial charge in [0.2, 0.25) is 0 Å². The molecule has 0 atom stereocenters. The standard InChI is InChI=1S/C16H19NO3/c1-17(2)10-5-11-20-14-9-8-12-6-3-4-7-13(12)15(14)16(18)19/h3-4,6-9H,5,10-11H2,1-2H3,(H,18,19). The molecule has 0 amide bonds. The van der Waals surface area contributed by atoms with Crippen molar-refractivity contribution in [2.24, 2.45) is 0 Å². The second-order valence-electron chi connectivity index (χ2n) is 4.97. The molecule has 2 aromatic carbocycles. The van der Waals surface area contributed by atoms with Crippen molar-refractivity contribution in [1.29, 1.82) is 0 Å². The Labute approximate surface area is 118 Å². The second kappa shape index (κ2) is 6.39. The summed E-state index contributed by atoms with van der Waals surface area (Å²) in [6, 6.07) is 11.1. The average Bonchev–Trinajstić information content (AvgIpc) is 2.42. The molecule has 1 N–H and O–H groups in total. The predicted molar refractivity (Wildman–Crippen MR) is 79.6 cm³/mol. The smallest absolute Gasteiger partial charge is 0.340 e. The molecule has 0 saturated carbocycles. The van der Waals surface area contributed by atoms with Gasteiger partial charge in [0.05, 0.1) is 6.61 Å². The van der Waals surface area contributed by atoms with Gasteiger partial charge in [-0.3, -0.25) is 0 Å². The molecule has 2 aromatic rings. The summed E-state index contributed by atoms with van der Waals surface area (Å²) in [6.45, 7) is 1.42. The van der Waals surface area contributed by atoms with Gasteiger partial charge in [-0.25, -0.2) is 4.79 Å². The number of hydrogen-bond donors (Lipinski definition) is 1. The molecule has 0 aliphatic rings. The topological polar surface area (TPSA) is 49.8 Å². The average molecular weight is 273 g/mol. The van der Waals surface area contributed by atoms with E-state index in [4.69, 9.17) is 4.74 Å². The van der Waals surface area contributed by atoms with Crippen molar-refractivity contribution in [1.82, 2.24) is 4.90 Å². The summed E-state index contributed by atoms with van der Waals surface area (Å²) in [4.78, 5) is 13.6. The fourth-order valence-electron chi connectivity index (χ4n) is 2.16. The van der Waals surface area contributed by atoms with Crippen LogP contribution in [-0.2, 0) is 0 Å². The molecule has 4 heteroatoms. The number of carboxylic acid groups (broad SMARTS) is 1. The Bertz CT molecular complexity index is 608. The van der Waals surface area contributed by atoms with E-state index in [2.05, 4.69) is 4.90 Å². The molecule has 4 nitrogen and oxygen atoms in total. The Hall–Kier alpha value is -2.07. The van der Waals surface area contributed by atoms with E-state index in [0.717, 1.165) is 18.4 Å². The van der Waals surface area contributed by atoms with Gasteiger partial charge in [-0.15, -0.1) is 0 Å². The first-order chi connectivity index (χ1) is 9.59. The van der Waals surface area contributed by atoms with E-state index in [-0.39, 0.29) is 5.56 Å². The predicted octanol–water partition coefficient (Wildman–Crippen LogP) is 2.87. The maximum absolute atomic E-state index is 11.5. The SMILES string of the molecule is CN(C)CCCOc1ccc2ccccc2c1C(=O)O. The lowest BCUT2D eigenvalue weighted by molar-refractivity contribution is 0.0694. The third-order valence-electron chi connectivity index (χ3n) is 3.11. The molecule has 0 saturated heterocycles. The lowest BCUT2D eigenvalue weighted by Crippen LogP contribution is -2.16. The maximum atomic E-state index is 11.5. The van der Waals surface area contributed by atoms with Crippen molar-refractivity contribution in [3.05, 3.63) is 42.0 Å². The quantitative estimate of drug-likeness (QED) is 0.822. The number of carbonyl (C=O) groups is 1. The molecule has 106 valence electrons. The molecule has 0 heterocycles. The largest absolute Gasteiger partial charge is 0.493 e. The number of fused-ring (bicyclic) bond motifs is 1. The molecule has 0 fully saturated rings. The molecule has 20 heavy (non-hydrogen) atoms. The molecule has 0 bridgehead atoms. The van der Waals surface area contributed by atoms with Crippen LogP contribution in [0.25, 0.3) is 10.8 Å². The van der Waals surface area contributed by atoms with Crippen LogP contribution in [0.3, 0.4) is 0 Å². The van der Waals surface area contributed by atoms with Crippen LogP contribution in [-0.4, -0.2) is 43.2 Å². The third-order valence-corrected chi connectivity index (χ3v) is 3.11. The number of aromatic carboxylic acids is 1. The zero-order valence-corrected chi connectivity index (χ0v) is 11.8. The van der Waals surface area contributed by atoms with Crippen molar-refractivity contribution in [3.8, 4) is 5.75 Å². The number of hydrogen-bond acceptors (Lipinski definition) is 3. The van der Waals surface area contributed by atoms with Crippen molar-refractivity contribution >= 4 is 16.7 Å². The summed E-state index contributed by atoms with van der Waals surface area (Å²) in [7, 11) is 4.00. The number of ether oxygens (including phenoxy) is 1. The van der Waals surface area contributed by atoms with Crippen molar-refractivity contribution in [2.45, 2.75) is 6.42 Å². The Morgan fingerprint density at radius 3 is 2.65 bits per heavy atom. The van der Waals surface area contributed by atoms with Gasteiger partial charge < -0.3 is 14.7 Å². The first-order valence-corrected chi connectivity index (χ1v) is 6.62. The molecule has 0 aliphatic carbocycles. The Kier molecular flexibility index (Phi) is 4.58. The zero-order valence-electron chi connectivity index (χ0n) is 11.8. The molecule has 0 aliphatic heterocycles. The van der Waals surface area contributed by atoms with Crippen LogP contribution in [0.1, 0.15) is 16.8 Å². The second-order valence-corrected chi connectivity index (χ2v) is 4.97. The summed E-state index contributed by atoms with van der Waals surface area (Å²) >= 11 is 0. The summed E-state index contributed by atoms with van der Waals surface area (Å²) in [5.74, 6) is -0.514. The molecular weight excluding hydrogens is 254 g/mol. The highest BCUT2D eigenvalue weighted by molar-refractivity contribution is 6.06. The number of rotatable bonds is 6. The molecule has 0 spiro atoms. The van der Waals surface area contributed by atoms with E-state index in [1.54, 1.807) is 6.07 Å². The number of carboxylic acids is 1. The van der Waals surface area contributed by atoms with Gasteiger partial charge in [0.15, 0.2) is 0 Å². The van der Waals surface area contributed by atoms with Crippen molar-refractivity contribution in [2.75, 3.05) is 27.2 Å². The van der Waals surface area contributed by atoms with E-state index in [1.807, 2.05) is 44.4 Å². The van der Waals surface area contributed by atoms with Crippen LogP contribution in [0.4, 0.5) is 0 Å². The van der Waals surface area contributed by atoms with E-state index >= 15 is 0 Å². The van der Waals surface area contributed by atoms with Gasteiger partial charge in [-0.05, 0) is 37.4 Å². The molecule has 0 radical (unpaired) electrons. The lowest BCUT2D eigenvalue weighted by atomic mass is 10.0. The van der Waals surface area contributed by atoms with Crippen LogP contribution in [0.2, 0.25) is 0 Å². The van der Waals surface area contributed by atoms with Crippen LogP contribution in [0.5, 0.6) is 5.75 Å². The van der Waals surface area contributed by atoms with Crippen molar-refractivity contribution < 1.29 is 14.6 Å². The number of benzene rings is 2. The van der Waals surface area contributed by atoms with Crippen LogP contribution in [0.15, 0.2) is 36.4 Å². The minimum absolute atomic E-state index is 0.243. The van der Waals surface area contributed by atoms with Gasteiger partial charge in [-0.1, -0.05) is 30.3 Å². The van der Waals surface area contributed by atoms with E-state index in [9.17, 15) is 9.90 Å². The van der Waals surface area contributed by atoms with Gasteiger partial charge in [0, 0.05) is 6.54 Å². The summed E-state index contributed by atoms with van der Waals surface area (Å²) in [5, 5.41) is 11.0. The van der Waals surface area contributed by atoms with E-state index in [0.29, 0.717) is 17.7 Å². The summed E-state index contributed by atoms with van der Waals surface area (Å²) < 4.78 is 5.65. The lowest BCUT2D eigenvalue weighted by Gasteiger charge is -2.13. The fraction of sp³-hybridized carbons (Fsp3) is 0.312. The first-order valence-electron chi connectivity index (χ1n) is 6.62. The van der Waals surface area contributed by atoms with Crippen molar-refractivity contribution in [3.63, 3.8) is 0 Å². The maximum Gasteiger partial charge on any atom is 0.340 e. The molecule has 0 aromatic heterocycles. The van der Waals surface area contributed by atoms with Gasteiger partial charge in [0.25, 0.3) is 0 Å². The zero-order chi connectivity index (χ0) is 14.5. The molecule has 2 rings (SSSR count). The minimum atomic E-state index is -0.954. The normalized spacial score (nSPS) is 10.9. The highest BCUT2D eigenvalue weighted by Gasteiger charge is 2.15. The van der Waals surface area contributed by atoms with Gasteiger partial charge >= 0.3 is 5.97 Å². The molecule has 0 unspecified atom stereocenters. The Morgan fingerprint density at radius 1 is 1.20 bits per heavy atom. The fourth-order valence-corrected chi connectivity index (χ4v) is 2.16. The Balaban J connectivity index is 2.24. The Morgan fingerprint density at radius 2 is 1.95 bits per heavy atom. The van der Waals surface area contributed by atoms with Gasteiger partial charge in [-0.2, -0.15) is 0 Å². The minimum Gasteiger partial charge on any atom is -0.493 e. The van der Waals surface area contributed by atoms with E-state index < -0.39 is 5.97 Å². The van der Waals surface area contributed by atoms with Gasteiger partial charge in [0.1, 0.15) is 11.3 Å². The number of nitrogens with zero attached hydrogens (tertiary/aromatic N) is 1. The van der Waals surface area contributed by atoms with Crippen LogP contribution >= 0.6 is 0 Å². The summed E-state index contributed by atoms with van der Waals surface area (Å²) in [5.41, 5.74) is 0.243. The third kappa shape index (κ3) is 3.27. The first kappa shape index (κ1) is 14.3. The highest BCUT2D eigenvalue weighted by Crippen LogP contribution is 2.28. The molecular formula is C16H19NO3. The highest BCUT2D eigenvalue weighted by atomic mass is 16.5. The van der Waals surface area contributed by atoms with E-state index in [1.165, 1.54) is 0 Å². The van der Waals surface area contributed by atoms with Crippen LogP contribution < -0.4 is 4.74 Å². The monoisotopic (exact) mass is 273 g/mol.